The van der Waals surface area contributed by atoms with Crippen molar-refractivity contribution < 1.29 is 42.1 Å². The Bertz CT molecular complexity index is 1610. The van der Waals surface area contributed by atoms with Crippen LogP contribution in [0.1, 0.15) is 290 Å². The fourth-order valence-electron chi connectivity index (χ4n) is 9.17. The van der Waals surface area contributed by atoms with Crippen LogP contribution in [0, 0.1) is 0 Å². The number of hydrogen-bond donors (Lipinski definition) is 1. The average Bonchev–Trinajstić information content (AvgIpc) is 3.41. The van der Waals surface area contributed by atoms with Gasteiger partial charge in [0.05, 0.1) is 27.7 Å². The second kappa shape index (κ2) is 59.8. The Hall–Kier alpha value is -2.81. The summed E-state index contributed by atoms with van der Waals surface area (Å²) in [6.07, 6.45) is 81.1. The Balaban J connectivity index is 3.93. The van der Waals surface area contributed by atoms with Gasteiger partial charge < -0.3 is 18.9 Å². The molecule has 458 valence electrons. The lowest BCUT2D eigenvalue weighted by molar-refractivity contribution is -0.870. The Morgan fingerprint density at radius 2 is 0.722 bits per heavy atom. The topological polar surface area (TPSA) is 108 Å². The maximum absolute atomic E-state index is 12.8. The van der Waals surface area contributed by atoms with E-state index in [4.69, 9.17) is 18.5 Å². The number of ether oxygens (including phenoxy) is 2. The smallest absolute Gasteiger partial charge is 0.462 e. The second-order valence-electron chi connectivity index (χ2n) is 23.1. The van der Waals surface area contributed by atoms with E-state index in [2.05, 4.69) is 98.9 Å². The number of nitrogens with zero attached hydrogens (tertiary/aromatic N) is 1. The van der Waals surface area contributed by atoms with E-state index in [0.717, 1.165) is 77.0 Å². The molecule has 2 unspecified atom stereocenters. The molecule has 0 heterocycles. The summed E-state index contributed by atoms with van der Waals surface area (Å²) in [5.41, 5.74) is 0. The molecule has 0 aromatic carbocycles. The first kappa shape index (κ1) is 76.2. The van der Waals surface area contributed by atoms with Gasteiger partial charge in [0, 0.05) is 12.8 Å². The number of carbonyl (C=O) groups excluding carboxylic acids is 2. The Labute approximate surface area is 488 Å². The molecular formula is C69H125NO8P+. The predicted molar refractivity (Wildman–Crippen MR) is 339 cm³/mol. The van der Waals surface area contributed by atoms with Crippen LogP contribution in [0.4, 0.5) is 0 Å². The third-order valence-corrected chi connectivity index (χ3v) is 15.2. The van der Waals surface area contributed by atoms with Crippen molar-refractivity contribution in [1.82, 2.24) is 0 Å². The number of quaternary nitrogens is 1. The van der Waals surface area contributed by atoms with E-state index in [1.54, 1.807) is 0 Å². The zero-order valence-corrected chi connectivity index (χ0v) is 53.0. The van der Waals surface area contributed by atoms with Crippen molar-refractivity contribution in [2.24, 2.45) is 0 Å². The highest BCUT2D eigenvalue weighted by Gasteiger charge is 2.27. The number of phosphoric acid groups is 1. The highest BCUT2D eigenvalue weighted by Crippen LogP contribution is 2.43. The number of hydrogen-bond acceptors (Lipinski definition) is 7. The maximum Gasteiger partial charge on any atom is 0.472 e. The molecule has 10 heteroatoms. The number of rotatable bonds is 60. The number of likely N-dealkylation sites (N-methyl/N-ethyl adjacent to an activating group) is 1. The van der Waals surface area contributed by atoms with Crippen molar-refractivity contribution in [3.05, 3.63) is 85.1 Å². The van der Waals surface area contributed by atoms with Gasteiger partial charge in [-0.3, -0.25) is 18.6 Å². The highest BCUT2D eigenvalue weighted by atomic mass is 31.2. The average molecular weight is 1130 g/mol. The molecule has 0 aromatic heterocycles. The van der Waals surface area contributed by atoms with Crippen molar-refractivity contribution in [3.63, 3.8) is 0 Å². The van der Waals surface area contributed by atoms with Crippen LogP contribution in [-0.2, 0) is 32.7 Å². The van der Waals surface area contributed by atoms with Crippen LogP contribution in [0.5, 0.6) is 0 Å². The van der Waals surface area contributed by atoms with Crippen molar-refractivity contribution in [1.29, 1.82) is 0 Å². The quantitative estimate of drug-likeness (QED) is 0.0211. The summed E-state index contributed by atoms with van der Waals surface area (Å²) < 4.78 is 34.6. The van der Waals surface area contributed by atoms with Crippen LogP contribution in [0.25, 0.3) is 0 Å². The molecule has 0 fully saturated rings. The Morgan fingerprint density at radius 3 is 1.08 bits per heavy atom. The molecule has 9 nitrogen and oxygen atoms in total. The minimum atomic E-state index is -4.38. The molecule has 2 atom stereocenters. The van der Waals surface area contributed by atoms with Gasteiger partial charge in [-0.2, -0.15) is 0 Å². The highest BCUT2D eigenvalue weighted by molar-refractivity contribution is 7.47. The zero-order valence-electron chi connectivity index (χ0n) is 52.1. The van der Waals surface area contributed by atoms with E-state index in [0.29, 0.717) is 23.9 Å². The minimum Gasteiger partial charge on any atom is -0.462 e. The number of carbonyl (C=O) groups is 2. The standard InChI is InChI=1S/C69H124NO8P/c1-6-8-10-12-14-16-18-20-22-23-24-25-26-27-28-29-30-31-32-33-34-35-36-37-38-39-40-41-42-43-44-45-46-47-48-50-52-54-56-58-60-62-69(72)78-67(66-77-79(73,74)76-64-63-70(3,4)5)65-75-68(71)61-59-57-55-53-51-49-21-19-17-15-13-11-9-7-2/h8,10,14,16,20,22,24-25,27-28,30-31,33-34,67H,6-7,9,11-13,15,17-19,21,23,26,29,32,35-66H2,1-5H3/p+1/b10-8-,16-14-,22-20-,25-24-,28-27-,31-30-,34-33-. The molecule has 0 aromatic rings. The molecule has 0 saturated heterocycles. The van der Waals surface area contributed by atoms with Gasteiger partial charge in [-0.25, -0.2) is 4.57 Å². The SMILES string of the molecule is CC/C=C\C/C=C\C/C=C\C/C=C\C/C=C\C/C=C\C/C=C\CCCCCCCCCCCCCCCCCCCCCC(=O)OC(COC(=O)CCCCCCCCCCCCCCCC)COP(=O)(O)OCC[N+](C)(C)C. The predicted octanol–water partition coefficient (Wildman–Crippen LogP) is 21.0. The van der Waals surface area contributed by atoms with E-state index < -0.39 is 26.5 Å². The lowest BCUT2D eigenvalue weighted by Crippen LogP contribution is -2.37. The number of unbranched alkanes of at least 4 members (excludes halogenated alkanes) is 32. The van der Waals surface area contributed by atoms with Gasteiger partial charge in [-0.05, 0) is 70.6 Å². The summed E-state index contributed by atoms with van der Waals surface area (Å²) in [6, 6.07) is 0. The molecule has 79 heavy (non-hydrogen) atoms. The van der Waals surface area contributed by atoms with Gasteiger partial charge in [0.1, 0.15) is 19.8 Å². The monoisotopic (exact) mass is 1130 g/mol. The third-order valence-electron chi connectivity index (χ3n) is 14.2. The first-order chi connectivity index (χ1) is 38.5. The molecule has 0 spiro atoms. The molecule has 0 aliphatic rings. The summed E-state index contributed by atoms with van der Waals surface area (Å²) in [6.45, 7) is 4.35. The fourth-order valence-corrected chi connectivity index (χ4v) is 9.92. The van der Waals surface area contributed by atoms with Gasteiger partial charge in [-0.1, -0.05) is 292 Å². The lowest BCUT2D eigenvalue weighted by atomic mass is 10.0. The van der Waals surface area contributed by atoms with Crippen molar-refractivity contribution >= 4 is 19.8 Å². The van der Waals surface area contributed by atoms with E-state index >= 15 is 0 Å². The fraction of sp³-hybridized carbons (Fsp3) is 0.768. The van der Waals surface area contributed by atoms with Crippen molar-refractivity contribution in [2.45, 2.75) is 296 Å². The molecule has 1 N–H and O–H groups in total. The first-order valence-electron chi connectivity index (χ1n) is 32.8. The largest absolute Gasteiger partial charge is 0.472 e. The normalized spacial score (nSPS) is 13.7. The molecule has 0 rings (SSSR count). The van der Waals surface area contributed by atoms with Crippen LogP contribution >= 0.6 is 7.82 Å². The molecule has 0 radical (unpaired) electrons. The van der Waals surface area contributed by atoms with E-state index in [9.17, 15) is 19.0 Å². The minimum absolute atomic E-state index is 0.0326. The van der Waals surface area contributed by atoms with Crippen molar-refractivity contribution in [2.75, 3.05) is 47.5 Å². The van der Waals surface area contributed by atoms with Gasteiger partial charge >= 0.3 is 19.8 Å². The maximum atomic E-state index is 12.8. The van der Waals surface area contributed by atoms with Crippen molar-refractivity contribution in [3.8, 4) is 0 Å². The molecule has 0 aliphatic heterocycles. The lowest BCUT2D eigenvalue weighted by Gasteiger charge is -2.24. The summed E-state index contributed by atoms with van der Waals surface area (Å²) >= 11 is 0. The molecule has 0 bridgehead atoms. The van der Waals surface area contributed by atoms with Crippen LogP contribution in [0.3, 0.4) is 0 Å². The van der Waals surface area contributed by atoms with Crippen LogP contribution in [0.15, 0.2) is 85.1 Å². The molecular weight excluding hydrogens is 1000 g/mol. The van der Waals surface area contributed by atoms with Gasteiger partial charge in [0.2, 0.25) is 0 Å². The van der Waals surface area contributed by atoms with E-state index in [1.807, 2.05) is 21.1 Å². The van der Waals surface area contributed by atoms with Gasteiger partial charge in [0.25, 0.3) is 0 Å². The van der Waals surface area contributed by atoms with Crippen LogP contribution in [-0.4, -0.2) is 74.9 Å². The number of esters is 2. The third kappa shape index (κ3) is 64.2. The Morgan fingerprint density at radius 1 is 0.405 bits per heavy atom. The molecule has 0 aliphatic carbocycles. The first-order valence-corrected chi connectivity index (χ1v) is 34.3. The summed E-state index contributed by atoms with van der Waals surface area (Å²) in [5, 5.41) is 0. The summed E-state index contributed by atoms with van der Waals surface area (Å²) in [5.74, 6) is -0.785. The summed E-state index contributed by atoms with van der Waals surface area (Å²) in [4.78, 5) is 35.7. The molecule has 0 amide bonds. The summed E-state index contributed by atoms with van der Waals surface area (Å²) in [7, 11) is 1.49. The van der Waals surface area contributed by atoms with Gasteiger partial charge in [-0.15, -0.1) is 0 Å². The number of phosphoric ester groups is 1. The Kier molecular flexibility index (Phi) is 57.7. The van der Waals surface area contributed by atoms with Crippen LogP contribution in [0.2, 0.25) is 0 Å². The van der Waals surface area contributed by atoms with Gasteiger partial charge in [0.15, 0.2) is 6.10 Å². The van der Waals surface area contributed by atoms with Crippen LogP contribution < -0.4 is 0 Å². The number of allylic oxidation sites excluding steroid dienone is 14. The zero-order chi connectivity index (χ0) is 57.7. The molecule has 0 saturated carbocycles. The second-order valence-corrected chi connectivity index (χ2v) is 24.6. The van der Waals surface area contributed by atoms with E-state index in [-0.39, 0.29) is 25.6 Å². The van der Waals surface area contributed by atoms with E-state index in [1.165, 1.54) is 180 Å².